The molecule has 0 radical (unpaired) electrons. The van der Waals surface area contributed by atoms with Crippen molar-refractivity contribution in [3.63, 3.8) is 0 Å². The van der Waals surface area contributed by atoms with Crippen LogP contribution in [-0.2, 0) is 18.8 Å². The second-order valence-electron chi connectivity index (χ2n) is 14.2. The molecule has 0 fully saturated rings. The van der Waals surface area contributed by atoms with Crippen LogP contribution in [0.5, 0.6) is 0 Å². The molecular formula is C36H72O4Si. The summed E-state index contributed by atoms with van der Waals surface area (Å²) in [5.41, 5.74) is 0. The van der Waals surface area contributed by atoms with E-state index in [0.29, 0.717) is 0 Å². The number of aldehydes is 1. The summed E-state index contributed by atoms with van der Waals surface area (Å²) < 4.78 is 11.7. The molecule has 244 valence electrons. The molecule has 0 saturated carbocycles. The van der Waals surface area contributed by atoms with Crippen molar-refractivity contribution in [2.75, 3.05) is 7.11 Å². The zero-order valence-electron chi connectivity index (χ0n) is 28.8. The molecule has 0 N–H and O–H groups in total. The monoisotopic (exact) mass is 597 g/mol. The molecule has 41 heavy (non-hydrogen) atoms. The molecule has 0 aliphatic heterocycles. The van der Waals surface area contributed by atoms with Gasteiger partial charge in [0.2, 0.25) is 0 Å². The third kappa shape index (κ3) is 21.6. The molecule has 0 heterocycles. The van der Waals surface area contributed by atoms with Gasteiger partial charge >= 0.3 is 5.97 Å². The molecule has 5 heteroatoms. The first-order chi connectivity index (χ1) is 19.6. The molecule has 0 aromatic heterocycles. The molecule has 0 unspecified atom stereocenters. The molecule has 0 spiro atoms. The Bertz CT molecular complexity index is 613. The van der Waals surface area contributed by atoms with Crippen molar-refractivity contribution in [2.24, 2.45) is 5.92 Å². The van der Waals surface area contributed by atoms with Crippen molar-refractivity contribution in [1.82, 2.24) is 0 Å². The Hall–Kier alpha value is -0.683. The van der Waals surface area contributed by atoms with Gasteiger partial charge in [0.05, 0.1) is 19.1 Å². The average Bonchev–Trinajstić information content (AvgIpc) is 2.92. The van der Waals surface area contributed by atoms with Crippen molar-refractivity contribution in [3.05, 3.63) is 0 Å². The Morgan fingerprint density at radius 1 is 0.659 bits per heavy atom. The van der Waals surface area contributed by atoms with E-state index in [4.69, 9.17) is 9.16 Å². The minimum Gasteiger partial charge on any atom is -0.469 e. The lowest BCUT2D eigenvalue weighted by molar-refractivity contribution is -0.149. The maximum absolute atomic E-state index is 12.6. The molecule has 0 aromatic carbocycles. The van der Waals surface area contributed by atoms with E-state index in [1.54, 1.807) is 0 Å². The molecular weight excluding hydrogens is 524 g/mol. The summed E-state index contributed by atoms with van der Waals surface area (Å²) in [6.07, 6.45) is 31.6. The van der Waals surface area contributed by atoms with E-state index in [2.05, 4.69) is 40.8 Å². The minimum atomic E-state index is -2.09. The van der Waals surface area contributed by atoms with Gasteiger partial charge in [-0.2, -0.15) is 0 Å². The van der Waals surface area contributed by atoms with Gasteiger partial charge in [0, 0.05) is 6.42 Å². The average molecular weight is 597 g/mol. The van der Waals surface area contributed by atoms with Crippen molar-refractivity contribution in [2.45, 2.75) is 206 Å². The van der Waals surface area contributed by atoms with Gasteiger partial charge in [-0.05, 0) is 24.6 Å². The Kier molecular flexibility index (Phi) is 25.4. The lowest BCUT2D eigenvalue weighted by atomic mass is 9.93. The highest BCUT2D eigenvalue weighted by Gasteiger charge is 2.42. The fourth-order valence-electron chi connectivity index (χ4n) is 5.52. The van der Waals surface area contributed by atoms with Crippen LogP contribution in [0, 0.1) is 5.92 Å². The number of esters is 1. The van der Waals surface area contributed by atoms with Gasteiger partial charge in [-0.25, -0.2) is 0 Å². The highest BCUT2D eigenvalue weighted by atomic mass is 28.4. The number of carbonyl (C=O) groups is 2. The van der Waals surface area contributed by atoms with E-state index in [9.17, 15) is 9.59 Å². The van der Waals surface area contributed by atoms with Crippen LogP contribution in [-0.4, -0.2) is 33.8 Å². The fourth-order valence-corrected chi connectivity index (χ4v) is 6.90. The van der Waals surface area contributed by atoms with Crippen LogP contribution < -0.4 is 0 Å². The molecule has 0 aromatic rings. The molecule has 0 aliphatic rings. The van der Waals surface area contributed by atoms with Crippen LogP contribution in [0.4, 0.5) is 0 Å². The van der Waals surface area contributed by atoms with Crippen LogP contribution >= 0.6 is 0 Å². The number of unbranched alkanes of at least 4 members (excludes halogenated alkanes) is 21. The van der Waals surface area contributed by atoms with E-state index in [1.165, 1.54) is 136 Å². The largest absolute Gasteiger partial charge is 0.469 e. The Morgan fingerprint density at radius 2 is 1.00 bits per heavy atom. The lowest BCUT2D eigenvalue weighted by Gasteiger charge is -2.40. The fraction of sp³-hybridized carbons (Fsp3) is 0.944. The number of methoxy groups -OCH3 is 1. The van der Waals surface area contributed by atoms with Crippen molar-refractivity contribution in [3.8, 4) is 0 Å². The Morgan fingerprint density at radius 3 is 1.29 bits per heavy atom. The third-order valence-electron chi connectivity index (χ3n) is 9.40. The quantitative estimate of drug-likeness (QED) is 0.0373. The van der Waals surface area contributed by atoms with Crippen LogP contribution in [0.15, 0.2) is 0 Å². The van der Waals surface area contributed by atoms with Gasteiger partial charge in [0.1, 0.15) is 6.29 Å². The number of rotatable bonds is 29. The summed E-state index contributed by atoms with van der Waals surface area (Å²) in [6, 6.07) is 0. The van der Waals surface area contributed by atoms with E-state index in [1.807, 2.05) is 0 Å². The lowest BCUT2D eigenvalue weighted by Crippen LogP contribution is -2.47. The van der Waals surface area contributed by atoms with E-state index >= 15 is 0 Å². The highest BCUT2D eigenvalue weighted by molar-refractivity contribution is 6.74. The minimum absolute atomic E-state index is 0.0290. The standard InChI is InChI=1S/C36H72O4Si/c1-8-9-10-11-12-13-14-15-16-17-18-19-20-21-22-23-24-25-26-27-28-29-30-33(35(38)39-5)34(31-32-37)40-41(6,7)36(2,3)4/h32-34H,8-31H2,1-7H3/t33-,34-/m1/s1. The van der Waals surface area contributed by atoms with Crippen LogP contribution in [0.2, 0.25) is 18.1 Å². The molecule has 0 saturated heterocycles. The van der Waals surface area contributed by atoms with Gasteiger partial charge in [-0.15, -0.1) is 0 Å². The first-order valence-corrected chi connectivity index (χ1v) is 20.7. The second-order valence-corrected chi connectivity index (χ2v) is 18.9. The van der Waals surface area contributed by atoms with Crippen molar-refractivity contribution in [1.29, 1.82) is 0 Å². The van der Waals surface area contributed by atoms with Gasteiger partial charge in [-0.3, -0.25) is 4.79 Å². The molecule has 0 bridgehead atoms. The van der Waals surface area contributed by atoms with Crippen LogP contribution in [0.25, 0.3) is 0 Å². The first-order valence-electron chi connectivity index (χ1n) is 17.8. The zero-order valence-corrected chi connectivity index (χ0v) is 29.8. The molecule has 4 nitrogen and oxygen atoms in total. The smallest absolute Gasteiger partial charge is 0.311 e. The van der Waals surface area contributed by atoms with Crippen LogP contribution in [0.1, 0.15) is 182 Å². The number of ether oxygens (including phenoxy) is 1. The maximum atomic E-state index is 12.6. The third-order valence-corrected chi connectivity index (χ3v) is 13.9. The predicted octanol–water partition coefficient (Wildman–Crippen LogP) is 11.7. The van der Waals surface area contributed by atoms with E-state index in [-0.39, 0.29) is 29.5 Å². The number of carbonyl (C=O) groups excluding carboxylic acids is 2. The first kappa shape index (κ1) is 40.3. The Labute approximate surface area is 258 Å². The zero-order chi connectivity index (χ0) is 30.8. The van der Waals surface area contributed by atoms with Gasteiger partial charge in [-0.1, -0.05) is 169 Å². The molecule has 2 atom stereocenters. The number of hydrogen-bond acceptors (Lipinski definition) is 4. The normalized spacial score (nSPS) is 13.7. The summed E-state index contributed by atoms with van der Waals surface area (Å²) in [5.74, 6) is -0.594. The van der Waals surface area contributed by atoms with Crippen LogP contribution in [0.3, 0.4) is 0 Å². The summed E-state index contributed by atoms with van der Waals surface area (Å²) >= 11 is 0. The molecule has 0 aliphatic carbocycles. The SMILES string of the molecule is CCCCCCCCCCCCCCCCCCCCCCCC[C@@H](C(=O)OC)[C@@H](CC=O)O[Si](C)(C)C(C)(C)C. The van der Waals surface area contributed by atoms with E-state index < -0.39 is 8.32 Å². The molecule has 0 amide bonds. The summed E-state index contributed by atoms with van der Waals surface area (Å²) in [6.45, 7) is 13.2. The summed E-state index contributed by atoms with van der Waals surface area (Å²) in [4.78, 5) is 24.0. The number of hydrogen-bond donors (Lipinski definition) is 0. The molecule has 0 rings (SSSR count). The van der Waals surface area contributed by atoms with Gasteiger partial charge in [0.15, 0.2) is 8.32 Å². The maximum Gasteiger partial charge on any atom is 0.311 e. The van der Waals surface area contributed by atoms with Gasteiger partial charge in [0.25, 0.3) is 0 Å². The predicted molar refractivity (Wildman–Crippen MR) is 180 cm³/mol. The van der Waals surface area contributed by atoms with Crippen molar-refractivity contribution >= 4 is 20.6 Å². The second kappa shape index (κ2) is 25.8. The van der Waals surface area contributed by atoms with Gasteiger partial charge < -0.3 is 14.0 Å². The highest BCUT2D eigenvalue weighted by Crippen LogP contribution is 2.39. The van der Waals surface area contributed by atoms with E-state index in [0.717, 1.165) is 25.5 Å². The topological polar surface area (TPSA) is 52.6 Å². The van der Waals surface area contributed by atoms with Crippen molar-refractivity contribution < 1.29 is 18.8 Å². The Balaban J connectivity index is 3.83. The summed E-state index contributed by atoms with van der Waals surface area (Å²) in [5, 5.41) is 0.0290. The summed E-state index contributed by atoms with van der Waals surface area (Å²) in [7, 11) is -0.649.